The number of pyridine rings is 1. The molecule has 0 amide bonds. The molecule has 1 N–H and O–H groups in total. The van der Waals surface area contributed by atoms with Gasteiger partial charge in [0, 0.05) is 17.6 Å². The van der Waals surface area contributed by atoms with Crippen molar-refractivity contribution in [2.24, 2.45) is 0 Å². The van der Waals surface area contributed by atoms with Crippen LogP contribution in [0.15, 0.2) is 29.2 Å². The minimum atomic E-state index is 0.0808. The highest BCUT2D eigenvalue weighted by Crippen LogP contribution is 2.28. The molecule has 2 heteroatoms. The molecule has 16 heavy (non-hydrogen) atoms. The number of hydrogen-bond donors (Lipinski definition) is 1. The molecule has 0 unspecified atom stereocenters. The predicted octanol–water partition coefficient (Wildman–Crippen LogP) is 3.13. The van der Waals surface area contributed by atoms with E-state index in [9.17, 15) is 4.79 Å². The zero-order valence-electron chi connectivity index (χ0n) is 10.2. The van der Waals surface area contributed by atoms with E-state index in [1.807, 2.05) is 6.07 Å². The number of nitrogens with one attached hydrogen (secondary N) is 1. The molecule has 0 aliphatic rings. The lowest BCUT2D eigenvalue weighted by Gasteiger charge is -2.22. The highest BCUT2D eigenvalue weighted by Gasteiger charge is 2.17. The minimum Gasteiger partial charge on any atom is -0.361 e. The number of aromatic amines is 1. The molecule has 1 heterocycles. The summed E-state index contributed by atoms with van der Waals surface area (Å²) < 4.78 is 0. The number of benzene rings is 1. The third-order valence-corrected chi connectivity index (χ3v) is 3.00. The zero-order chi connectivity index (χ0) is 11.9. The van der Waals surface area contributed by atoms with Crippen molar-refractivity contribution >= 4 is 10.9 Å². The van der Waals surface area contributed by atoms with E-state index in [2.05, 4.69) is 38.7 Å². The number of aryl methyl sites for hydroxylation is 1. The minimum absolute atomic E-state index is 0.0808. The van der Waals surface area contributed by atoms with E-state index in [0.29, 0.717) is 0 Å². The Labute approximate surface area is 95.3 Å². The Kier molecular flexibility index (Phi) is 2.38. The van der Waals surface area contributed by atoms with Crippen LogP contribution in [0.4, 0.5) is 0 Å². The second kappa shape index (κ2) is 3.48. The predicted molar refractivity (Wildman–Crippen MR) is 68.0 cm³/mol. The third-order valence-electron chi connectivity index (χ3n) is 3.00. The first kappa shape index (κ1) is 10.9. The van der Waals surface area contributed by atoms with Crippen LogP contribution in [0.1, 0.15) is 31.9 Å². The maximum absolute atomic E-state index is 11.7. The molecule has 2 nitrogen and oxygen atoms in total. The zero-order valence-corrected chi connectivity index (χ0v) is 10.2. The van der Waals surface area contributed by atoms with Crippen molar-refractivity contribution in [2.75, 3.05) is 0 Å². The van der Waals surface area contributed by atoms with Crippen LogP contribution in [0.3, 0.4) is 0 Å². The van der Waals surface area contributed by atoms with Crippen molar-refractivity contribution in [2.45, 2.75) is 33.1 Å². The summed E-state index contributed by atoms with van der Waals surface area (Å²) in [7, 11) is 0. The molecular formula is C14H17NO. The second-order valence-corrected chi connectivity index (χ2v) is 5.25. The average Bonchev–Trinajstić information content (AvgIpc) is 2.18. The lowest BCUT2D eigenvalue weighted by molar-refractivity contribution is 0.587. The molecule has 0 spiro atoms. The molecule has 1 aromatic heterocycles. The van der Waals surface area contributed by atoms with Crippen LogP contribution in [-0.2, 0) is 5.41 Å². The molecule has 0 fully saturated rings. The summed E-state index contributed by atoms with van der Waals surface area (Å²) in [4.78, 5) is 14.8. The first-order valence-corrected chi connectivity index (χ1v) is 5.53. The summed E-state index contributed by atoms with van der Waals surface area (Å²) in [5, 5.41) is 0.771. The van der Waals surface area contributed by atoms with Crippen molar-refractivity contribution in [3.8, 4) is 0 Å². The second-order valence-electron chi connectivity index (χ2n) is 5.25. The fourth-order valence-electron chi connectivity index (χ4n) is 2.21. The number of H-pyrrole nitrogens is 1. The van der Waals surface area contributed by atoms with Crippen LogP contribution >= 0.6 is 0 Å². The third kappa shape index (κ3) is 1.64. The van der Waals surface area contributed by atoms with Gasteiger partial charge in [-0.1, -0.05) is 26.8 Å². The highest BCUT2D eigenvalue weighted by molar-refractivity contribution is 5.82. The number of fused-ring (bicyclic) bond motifs is 1. The van der Waals surface area contributed by atoms with E-state index < -0.39 is 0 Å². The van der Waals surface area contributed by atoms with Gasteiger partial charge in [-0.2, -0.15) is 0 Å². The molecule has 0 aliphatic heterocycles. The Hall–Kier alpha value is -1.57. The standard InChI is InChI=1S/C14H17NO/c1-9-11(14(2,3)4)6-5-10-12(16)7-8-15-13(9)10/h5-8H,1-4H3,(H,15,16). The molecule has 0 saturated heterocycles. The molecule has 2 rings (SSSR count). The summed E-state index contributed by atoms with van der Waals surface area (Å²) in [6.45, 7) is 8.62. The van der Waals surface area contributed by atoms with Gasteiger partial charge >= 0.3 is 0 Å². The molecule has 0 saturated carbocycles. The van der Waals surface area contributed by atoms with Crippen LogP contribution in [0.25, 0.3) is 10.9 Å². The number of rotatable bonds is 0. The van der Waals surface area contributed by atoms with E-state index >= 15 is 0 Å². The smallest absolute Gasteiger partial charge is 0.189 e. The van der Waals surface area contributed by atoms with Gasteiger partial charge in [-0.15, -0.1) is 0 Å². The van der Waals surface area contributed by atoms with Crippen LogP contribution in [0.5, 0.6) is 0 Å². The van der Waals surface area contributed by atoms with Gasteiger partial charge in [0.1, 0.15) is 0 Å². The van der Waals surface area contributed by atoms with Crippen molar-refractivity contribution in [1.82, 2.24) is 4.98 Å². The van der Waals surface area contributed by atoms with Crippen LogP contribution in [0.2, 0.25) is 0 Å². The Morgan fingerprint density at radius 3 is 2.44 bits per heavy atom. The largest absolute Gasteiger partial charge is 0.361 e. The molecule has 0 atom stereocenters. The van der Waals surface area contributed by atoms with Crippen LogP contribution in [0, 0.1) is 6.92 Å². The maximum atomic E-state index is 11.7. The van der Waals surface area contributed by atoms with Gasteiger partial charge in [0.2, 0.25) is 0 Å². The van der Waals surface area contributed by atoms with Gasteiger partial charge < -0.3 is 4.98 Å². The molecule has 84 valence electrons. The van der Waals surface area contributed by atoms with E-state index in [0.717, 1.165) is 10.9 Å². The fraction of sp³-hybridized carbons (Fsp3) is 0.357. The SMILES string of the molecule is Cc1c(C(C)(C)C)ccc2c(=O)cc[nH]c12. The Morgan fingerprint density at radius 2 is 1.81 bits per heavy atom. The molecular weight excluding hydrogens is 198 g/mol. The monoisotopic (exact) mass is 215 g/mol. The topological polar surface area (TPSA) is 32.9 Å². The van der Waals surface area contributed by atoms with Crippen molar-refractivity contribution in [1.29, 1.82) is 0 Å². The summed E-state index contributed by atoms with van der Waals surface area (Å²) in [6.07, 6.45) is 1.71. The molecule has 0 radical (unpaired) electrons. The highest BCUT2D eigenvalue weighted by atomic mass is 16.1. The lowest BCUT2D eigenvalue weighted by atomic mass is 9.83. The molecule has 1 aromatic carbocycles. The van der Waals surface area contributed by atoms with Crippen molar-refractivity contribution in [3.63, 3.8) is 0 Å². The van der Waals surface area contributed by atoms with Gasteiger partial charge in [-0.3, -0.25) is 4.79 Å². The Bertz CT molecular complexity index is 588. The first-order valence-electron chi connectivity index (χ1n) is 5.53. The molecule has 0 bridgehead atoms. The van der Waals surface area contributed by atoms with Crippen molar-refractivity contribution in [3.05, 3.63) is 45.7 Å². The normalized spacial score (nSPS) is 12.0. The average molecular weight is 215 g/mol. The van der Waals surface area contributed by atoms with Crippen LogP contribution in [-0.4, -0.2) is 4.98 Å². The molecule has 2 aromatic rings. The van der Waals surface area contributed by atoms with Gasteiger partial charge in [0.05, 0.1) is 5.52 Å². The summed E-state index contributed by atoms with van der Waals surface area (Å²) in [6, 6.07) is 5.55. The van der Waals surface area contributed by atoms with E-state index in [1.54, 1.807) is 12.3 Å². The van der Waals surface area contributed by atoms with Gasteiger partial charge in [-0.05, 0) is 29.5 Å². The van der Waals surface area contributed by atoms with Gasteiger partial charge in [0.25, 0.3) is 0 Å². The van der Waals surface area contributed by atoms with Gasteiger partial charge in [0.15, 0.2) is 5.43 Å². The summed E-state index contributed by atoms with van der Waals surface area (Å²) in [5.74, 6) is 0. The van der Waals surface area contributed by atoms with Crippen LogP contribution < -0.4 is 5.43 Å². The number of hydrogen-bond acceptors (Lipinski definition) is 1. The number of aromatic nitrogens is 1. The van der Waals surface area contributed by atoms with Crippen molar-refractivity contribution < 1.29 is 0 Å². The Morgan fingerprint density at radius 1 is 1.12 bits per heavy atom. The quantitative estimate of drug-likeness (QED) is 0.719. The first-order chi connectivity index (χ1) is 7.41. The summed E-state index contributed by atoms with van der Waals surface area (Å²) in [5.41, 5.74) is 3.59. The van der Waals surface area contributed by atoms with E-state index in [-0.39, 0.29) is 10.8 Å². The van der Waals surface area contributed by atoms with E-state index in [1.165, 1.54) is 11.1 Å². The van der Waals surface area contributed by atoms with Gasteiger partial charge in [-0.25, -0.2) is 0 Å². The fourth-order valence-corrected chi connectivity index (χ4v) is 2.21. The lowest BCUT2D eigenvalue weighted by Crippen LogP contribution is -2.14. The van der Waals surface area contributed by atoms with E-state index in [4.69, 9.17) is 0 Å². The molecule has 0 aliphatic carbocycles. The maximum Gasteiger partial charge on any atom is 0.189 e. The Balaban J connectivity index is 2.86. The summed E-state index contributed by atoms with van der Waals surface area (Å²) >= 11 is 0.